The molecule has 2 aliphatic heterocycles. The maximum absolute atomic E-state index is 13.1. The van der Waals surface area contributed by atoms with Crippen molar-refractivity contribution in [3.05, 3.63) is 36.3 Å². The number of aromatic nitrogens is 5. The van der Waals surface area contributed by atoms with E-state index < -0.39 is 24.7 Å². The van der Waals surface area contributed by atoms with E-state index >= 15 is 0 Å². The Hall–Kier alpha value is -3.05. The molecular formula is C22H24F5N7. The molecule has 2 fully saturated rings. The SMILES string of the molecule is CC1CN(c2cnc3cnn(CC(F)F)c3n2)CCC12CCN(c1cc(C(F)(F)F)ccn1)C2. The average molecular weight is 481 g/mol. The lowest BCUT2D eigenvalue weighted by molar-refractivity contribution is -0.137. The van der Waals surface area contributed by atoms with Gasteiger partial charge < -0.3 is 9.80 Å². The van der Waals surface area contributed by atoms with Crippen molar-refractivity contribution in [2.45, 2.75) is 38.9 Å². The highest BCUT2D eigenvalue weighted by Crippen LogP contribution is 2.46. The van der Waals surface area contributed by atoms with E-state index in [0.29, 0.717) is 49.0 Å². The molecule has 0 N–H and O–H groups in total. The van der Waals surface area contributed by atoms with Crippen LogP contribution in [0.1, 0.15) is 25.3 Å². The fraction of sp³-hybridized carbons (Fsp3) is 0.545. The molecular weight excluding hydrogens is 457 g/mol. The molecule has 0 amide bonds. The van der Waals surface area contributed by atoms with Gasteiger partial charge in [-0.1, -0.05) is 6.92 Å². The van der Waals surface area contributed by atoms with Gasteiger partial charge in [0, 0.05) is 32.4 Å². The number of pyridine rings is 1. The van der Waals surface area contributed by atoms with E-state index in [-0.39, 0.29) is 11.3 Å². The molecule has 3 aromatic rings. The molecule has 0 saturated carbocycles. The summed E-state index contributed by atoms with van der Waals surface area (Å²) in [5.74, 6) is 1.20. The first-order valence-electron chi connectivity index (χ1n) is 11.1. The Balaban J connectivity index is 1.31. The van der Waals surface area contributed by atoms with Crippen molar-refractivity contribution in [3.63, 3.8) is 0 Å². The Morgan fingerprint density at radius 2 is 1.85 bits per heavy atom. The molecule has 5 rings (SSSR count). The van der Waals surface area contributed by atoms with Gasteiger partial charge in [-0.3, -0.25) is 0 Å². The lowest BCUT2D eigenvalue weighted by Crippen LogP contribution is -2.48. The van der Waals surface area contributed by atoms with Crippen LogP contribution < -0.4 is 9.80 Å². The van der Waals surface area contributed by atoms with Crippen LogP contribution in [0.15, 0.2) is 30.7 Å². The van der Waals surface area contributed by atoms with Gasteiger partial charge in [0.2, 0.25) is 0 Å². The van der Waals surface area contributed by atoms with Gasteiger partial charge in [0.15, 0.2) is 5.65 Å². The van der Waals surface area contributed by atoms with Crippen molar-refractivity contribution >= 4 is 22.8 Å². The van der Waals surface area contributed by atoms with E-state index in [0.717, 1.165) is 25.0 Å². The lowest BCUT2D eigenvalue weighted by Gasteiger charge is -2.45. The third-order valence-corrected chi connectivity index (χ3v) is 7.17. The molecule has 0 aromatic carbocycles. The number of hydrogen-bond donors (Lipinski definition) is 0. The number of nitrogens with zero attached hydrogens (tertiary/aromatic N) is 7. The molecule has 3 aromatic heterocycles. The fourth-order valence-corrected chi connectivity index (χ4v) is 5.15. The molecule has 12 heteroatoms. The number of alkyl halides is 5. The van der Waals surface area contributed by atoms with Crippen LogP contribution in [0.3, 0.4) is 0 Å². The summed E-state index contributed by atoms with van der Waals surface area (Å²) in [7, 11) is 0. The van der Waals surface area contributed by atoms with E-state index in [2.05, 4.69) is 31.9 Å². The quantitative estimate of drug-likeness (QED) is 0.520. The average Bonchev–Trinajstić information content (AvgIpc) is 3.40. The summed E-state index contributed by atoms with van der Waals surface area (Å²) < 4.78 is 66.3. The van der Waals surface area contributed by atoms with E-state index in [1.807, 2.05) is 4.90 Å². The molecule has 2 atom stereocenters. The van der Waals surface area contributed by atoms with Gasteiger partial charge in [-0.05, 0) is 36.3 Å². The lowest BCUT2D eigenvalue weighted by atomic mass is 9.70. The zero-order valence-corrected chi connectivity index (χ0v) is 18.5. The van der Waals surface area contributed by atoms with Gasteiger partial charge in [-0.2, -0.15) is 18.3 Å². The minimum Gasteiger partial charge on any atom is -0.356 e. The molecule has 0 bridgehead atoms. The molecule has 2 aliphatic rings. The van der Waals surface area contributed by atoms with Crippen LogP contribution in [0.5, 0.6) is 0 Å². The number of fused-ring (bicyclic) bond motifs is 1. The molecule has 1 spiro atoms. The van der Waals surface area contributed by atoms with Crippen molar-refractivity contribution in [1.82, 2.24) is 24.7 Å². The van der Waals surface area contributed by atoms with E-state index in [1.54, 1.807) is 6.20 Å². The summed E-state index contributed by atoms with van der Waals surface area (Å²) >= 11 is 0. The predicted octanol–water partition coefficient (Wildman–Crippen LogP) is 4.25. The van der Waals surface area contributed by atoms with Gasteiger partial charge in [-0.15, -0.1) is 0 Å². The van der Waals surface area contributed by atoms with Crippen molar-refractivity contribution in [1.29, 1.82) is 0 Å². The topological polar surface area (TPSA) is 63.0 Å². The van der Waals surface area contributed by atoms with Crippen LogP contribution in [-0.2, 0) is 12.7 Å². The third kappa shape index (κ3) is 4.14. The first-order chi connectivity index (χ1) is 16.1. The second-order valence-corrected chi connectivity index (χ2v) is 9.19. The largest absolute Gasteiger partial charge is 0.416 e. The van der Waals surface area contributed by atoms with E-state index in [9.17, 15) is 22.0 Å². The van der Waals surface area contributed by atoms with Crippen LogP contribution in [-0.4, -0.2) is 57.3 Å². The Labute approximate surface area is 192 Å². The van der Waals surface area contributed by atoms with Gasteiger partial charge in [0.25, 0.3) is 6.43 Å². The summed E-state index contributed by atoms with van der Waals surface area (Å²) in [4.78, 5) is 17.1. The van der Waals surface area contributed by atoms with Crippen molar-refractivity contribution in [2.24, 2.45) is 11.3 Å². The zero-order valence-electron chi connectivity index (χ0n) is 18.5. The summed E-state index contributed by atoms with van der Waals surface area (Å²) in [6.07, 6.45) is -0.971. The zero-order chi connectivity index (χ0) is 24.1. The van der Waals surface area contributed by atoms with Crippen molar-refractivity contribution < 1.29 is 22.0 Å². The second kappa shape index (κ2) is 8.31. The standard InChI is InChI=1S/C22H24F5N7/c1-14-11-32(19-10-29-16-9-30-34(12-17(23)24)20(16)31-19)6-3-21(14)4-7-33(13-21)18-8-15(2-5-28-18)22(25,26)27/h2,5,8-10,14,17H,3-4,6-7,11-13H2,1H3. The molecule has 0 radical (unpaired) electrons. The van der Waals surface area contributed by atoms with Crippen LogP contribution in [0, 0.1) is 11.3 Å². The fourth-order valence-electron chi connectivity index (χ4n) is 5.15. The molecule has 2 saturated heterocycles. The van der Waals surface area contributed by atoms with E-state index in [4.69, 9.17) is 0 Å². The van der Waals surface area contributed by atoms with Gasteiger partial charge in [-0.25, -0.2) is 28.4 Å². The third-order valence-electron chi connectivity index (χ3n) is 7.17. The van der Waals surface area contributed by atoms with Crippen molar-refractivity contribution in [2.75, 3.05) is 36.0 Å². The van der Waals surface area contributed by atoms with Gasteiger partial charge in [0.1, 0.15) is 23.7 Å². The molecule has 5 heterocycles. The smallest absolute Gasteiger partial charge is 0.356 e. The Morgan fingerprint density at radius 1 is 1.09 bits per heavy atom. The second-order valence-electron chi connectivity index (χ2n) is 9.19. The molecule has 7 nitrogen and oxygen atoms in total. The number of hydrogen-bond acceptors (Lipinski definition) is 6. The van der Waals surface area contributed by atoms with E-state index in [1.165, 1.54) is 17.1 Å². The highest BCUT2D eigenvalue weighted by Gasteiger charge is 2.46. The summed E-state index contributed by atoms with van der Waals surface area (Å²) in [5, 5.41) is 3.96. The minimum absolute atomic E-state index is 0.0403. The van der Waals surface area contributed by atoms with Gasteiger partial charge in [0.05, 0.1) is 18.0 Å². The summed E-state index contributed by atoms with van der Waals surface area (Å²) in [6.45, 7) is 4.27. The normalized spacial score (nSPS) is 23.6. The highest BCUT2D eigenvalue weighted by atomic mass is 19.4. The minimum atomic E-state index is -4.40. The first kappa shape index (κ1) is 22.7. The maximum Gasteiger partial charge on any atom is 0.416 e. The highest BCUT2D eigenvalue weighted by molar-refractivity contribution is 5.71. The summed E-state index contributed by atoms with van der Waals surface area (Å²) in [5.41, 5.74) is 0.0576. The first-order valence-corrected chi connectivity index (χ1v) is 11.1. The van der Waals surface area contributed by atoms with Crippen LogP contribution in [0.4, 0.5) is 33.6 Å². The monoisotopic (exact) mass is 481 g/mol. The molecule has 0 aliphatic carbocycles. The number of rotatable bonds is 4. The molecule has 182 valence electrons. The van der Waals surface area contributed by atoms with Crippen LogP contribution in [0.2, 0.25) is 0 Å². The Bertz CT molecular complexity index is 1180. The summed E-state index contributed by atoms with van der Waals surface area (Å²) in [6, 6.07) is 2.10. The molecule has 2 unspecified atom stereocenters. The van der Waals surface area contributed by atoms with Crippen LogP contribution >= 0.6 is 0 Å². The number of halogens is 5. The Kier molecular flexibility index (Phi) is 5.56. The number of piperidine rings is 1. The molecule has 34 heavy (non-hydrogen) atoms. The van der Waals surface area contributed by atoms with Crippen molar-refractivity contribution in [3.8, 4) is 0 Å². The Morgan fingerprint density at radius 3 is 2.56 bits per heavy atom. The maximum atomic E-state index is 13.1. The predicted molar refractivity (Wildman–Crippen MR) is 116 cm³/mol. The van der Waals surface area contributed by atoms with Gasteiger partial charge >= 0.3 is 6.18 Å². The van der Waals surface area contributed by atoms with Crippen LogP contribution in [0.25, 0.3) is 11.2 Å². The number of anilines is 2.